The van der Waals surface area contributed by atoms with E-state index in [2.05, 4.69) is 0 Å². The summed E-state index contributed by atoms with van der Waals surface area (Å²) in [6.45, 7) is 1.97. The Morgan fingerprint density at radius 1 is 0.815 bits per heavy atom. The summed E-state index contributed by atoms with van der Waals surface area (Å²) in [5.41, 5.74) is 1.86. The molecule has 4 rings (SSSR count). The molecule has 0 spiro atoms. The fourth-order valence-corrected chi connectivity index (χ4v) is 3.24. The number of hydrogen-bond donors (Lipinski definition) is 0. The summed E-state index contributed by atoms with van der Waals surface area (Å²) in [5.74, 6) is 0.415. The van der Waals surface area contributed by atoms with Crippen LogP contribution in [0.3, 0.4) is 0 Å². The van der Waals surface area contributed by atoms with Crippen LogP contribution in [0, 0.1) is 0 Å². The molecule has 0 aliphatic heterocycles. The van der Waals surface area contributed by atoms with Crippen LogP contribution < -0.4 is 5.63 Å². The van der Waals surface area contributed by atoms with E-state index in [1.54, 1.807) is 18.2 Å². The molecular formula is C24H18O3. The standard InChI is InChI=1S/C24H18O3/c1-16(22-15-19-10-5-6-13-21(19)24(26)27-22)18-11-7-12-20(14-18)23(25)17-8-3-2-4-9-17/h2-16H,1H3. The Labute approximate surface area is 156 Å². The van der Waals surface area contributed by atoms with Gasteiger partial charge in [0, 0.05) is 17.0 Å². The molecule has 0 aliphatic carbocycles. The van der Waals surface area contributed by atoms with Gasteiger partial charge in [-0.15, -0.1) is 0 Å². The summed E-state index contributed by atoms with van der Waals surface area (Å²) in [7, 11) is 0. The minimum atomic E-state index is -0.341. The molecule has 0 bridgehead atoms. The number of fused-ring (bicyclic) bond motifs is 1. The summed E-state index contributed by atoms with van der Waals surface area (Å²) in [4.78, 5) is 25.0. The molecule has 1 atom stereocenters. The van der Waals surface area contributed by atoms with E-state index in [4.69, 9.17) is 4.42 Å². The van der Waals surface area contributed by atoms with Gasteiger partial charge in [0.1, 0.15) is 5.76 Å². The van der Waals surface area contributed by atoms with Crippen molar-refractivity contribution in [3.05, 3.63) is 118 Å². The third-order valence-corrected chi connectivity index (χ3v) is 4.80. The number of benzene rings is 3. The Kier molecular flexibility index (Phi) is 4.43. The summed E-state index contributed by atoms with van der Waals surface area (Å²) in [5, 5.41) is 1.42. The molecule has 0 aliphatic rings. The van der Waals surface area contributed by atoms with Crippen LogP contribution in [0.25, 0.3) is 10.8 Å². The minimum absolute atomic E-state index is 0.0235. The topological polar surface area (TPSA) is 47.3 Å². The molecule has 4 aromatic rings. The van der Waals surface area contributed by atoms with Crippen molar-refractivity contribution >= 4 is 16.6 Å². The monoisotopic (exact) mass is 354 g/mol. The maximum atomic E-state index is 12.7. The van der Waals surface area contributed by atoms with E-state index >= 15 is 0 Å². The highest BCUT2D eigenvalue weighted by atomic mass is 16.4. The van der Waals surface area contributed by atoms with Crippen molar-refractivity contribution in [1.82, 2.24) is 0 Å². The molecule has 27 heavy (non-hydrogen) atoms. The van der Waals surface area contributed by atoms with Crippen LogP contribution in [0.15, 0.2) is 94.1 Å². The third kappa shape index (κ3) is 3.32. The maximum absolute atomic E-state index is 12.7. The van der Waals surface area contributed by atoms with Crippen molar-refractivity contribution in [1.29, 1.82) is 0 Å². The summed E-state index contributed by atoms with van der Waals surface area (Å²) >= 11 is 0. The average Bonchev–Trinajstić information content (AvgIpc) is 2.73. The van der Waals surface area contributed by atoms with E-state index in [0.717, 1.165) is 10.9 Å². The summed E-state index contributed by atoms with van der Waals surface area (Å²) < 4.78 is 5.55. The van der Waals surface area contributed by atoms with Crippen LogP contribution in [0.5, 0.6) is 0 Å². The predicted molar refractivity (Wildman–Crippen MR) is 106 cm³/mol. The molecule has 132 valence electrons. The van der Waals surface area contributed by atoms with Crippen LogP contribution in [0.4, 0.5) is 0 Å². The van der Waals surface area contributed by atoms with Gasteiger partial charge in [-0.05, 0) is 29.1 Å². The normalized spacial score (nSPS) is 12.0. The lowest BCUT2D eigenvalue weighted by Crippen LogP contribution is -2.07. The molecule has 0 fully saturated rings. The Bertz CT molecular complexity index is 1170. The zero-order valence-corrected chi connectivity index (χ0v) is 14.9. The van der Waals surface area contributed by atoms with Crippen LogP contribution >= 0.6 is 0 Å². The van der Waals surface area contributed by atoms with Crippen molar-refractivity contribution in [3.8, 4) is 0 Å². The summed E-state index contributed by atoms with van der Waals surface area (Å²) in [6.07, 6.45) is 0. The van der Waals surface area contributed by atoms with Crippen LogP contribution in [-0.2, 0) is 0 Å². The van der Waals surface area contributed by atoms with Gasteiger partial charge in [0.25, 0.3) is 0 Å². The van der Waals surface area contributed by atoms with Gasteiger partial charge in [0.05, 0.1) is 5.39 Å². The zero-order valence-electron chi connectivity index (χ0n) is 14.9. The van der Waals surface area contributed by atoms with Gasteiger partial charge in [0.15, 0.2) is 5.78 Å². The molecule has 3 heteroatoms. The van der Waals surface area contributed by atoms with Gasteiger partial charge in [-0.2, -0.15) is 0 Å². The SMILES string of the molecule is CC(c1cccc(C(=O)c2ccccc2)c1)c1cc2ccccc2c(=O)o1. The molecule has 0 N–H and O–H groups in total. The molecule has 1 unspecified atom stereocenters. The second kappa shape index (κ2) is 7.04. The number of hydrogen-bond acceptors (Lipinski definition) is 3. The fraction of sp³-hybridized carbons (Fsp3) is 0.0833. The third-order valence-electron chi connectivity index (χ3n) is 4.80. The van der Waals surface area contributed by atoms with E-state index in [0.29, 0.717) is 22.3 Å². The first-order chi connectivity index (χ1) is 13.1. The van der Waals surface area contributed by atoms with Crippen molar-refractivity contribution in [3.63, 3.8) is 0 Å². The molecule has 0 saturated heterocycles. The van der Waals surface area contributed by atoms with Crippen molar-refractivity contribution < 1.29 is 9.21 Å². The van der Waals surface area contributed by atoms with Crippen molar-refractivity contribution in [2.75, 3.05) is 0 Å². The molecule has 1 aromatic heterocycles. The number of carbonyl (C=O) groups excluding carboxylic acids is 1. The Morgan fingerprint density at radius 3 is 2.33 bits per heavy atom. The molecular weight excluding hydrogens is 336 g/mol. The lowest BCUT2D eigenvalue weighted by atomic mass is 9.93. The predicted octanol–water partition coefficient (Wildman–Crippen LogP) is 5.18. The molecule has 0 amide bonds. The van der Waals surface area contributed by atoms with Crippen LogP contribution in [0.1, 0.15) is 40.1 Å². The van der Waals surface area contributed by atoms with Gasteiger partial charge in [-0.1, -0.05) is 73.7 Å². The first kappa shape index (κ1) is 17.0. The Morgan fingerprint density at radius 2 is 1.52 bits per heavy atom. The molecule has 1 heterocycles. The smallest absolute Gasteiger partial charge is 0.343 e. The van der Waals surface area contributed by atoms with Crippen LogP contribution in [-0.4, -0.2) is 5.78 Å². The zero-order chi connectivity index (χ0) is 18.8. The van der Waals surface area contributed by atoms with Gasteiger partial charge in [0.2, 0.25) is 0 Å². The fourth-order valence-electron chi connectivity index (χ4n) is 3.24. The molecule has 0 radical (unpaired) electrons. The lowest BCUT2D eigenvalue weighted by molar-refractivity contribution is 0.103. The highest BCUT2D eigenvalue weighted by Crippen LogP contribution is 2.26. The van der Waals surface area contributed by atoms with E-state index < -0.39 is 0 Å². The van der Waals surface area contributed by atoms with Gasteiger partial charge < -0.3 is 4.42 Å². The Balaban J connectivity index is 1.72. The maximum Gasteiger partial charge on any atom is 0.343 e. The van der Waals surface area contributed by atoms with Gasteiger partial charge in [-0.3, -0.25) is 4.79 Å². The highest BCUT2D eigenvalue weighted by molar-refractivity contribution is 6.09. The lowest BCUT2D eigenvalue weighted by Gasteiger charge is -2.13. The largest absolute Gasteiger partial charge is 0.427 e. The van der Waals surface area contributed by atoms with E-state index in [-0.39, 0.29) is 17.3 Å². The second-order valence-electron chi connectivity index (χ2n) is 6.57. The first-order valence-corrected chi connectivity index (χ1v) is 8.86. The van der Waals surface area contributed by atoms with Gasteiger partial charge in [-0.25, -0.2) is 4.79 Å². The number of carbonyl (C=O) groups is 1. The minimum Gasteiger partial charge on any atom is -0.427 e. The van der Waals surface area contributed by atoms with E-state index in [1.165, 1.54) is 0 Å². The average molecular weight is 354 g/mol. The molecule has 0 saturated carbocycles. The van der Waals surface area contributed by atoms with Crippen molar-refractivity contribution in [2.45, 2.75) is 12.8 Å². The van der Waals surface area contributed by atoms with E-state index in [1.807, 2.05) is 73.7 Å². The highest BCUT2D eigenvalue weighted by Gasteiger charge is 2.16. The Hall–Kier alpha value is -3.46. The summed E-state index contributed by atoms with van der Waals surface area (Å²) in [6, 6.07) is 26.0. The first-order valence-electron chi connectivity index (χ1n) is 8.86. The molecule has 3 aromatic carbocycles. The van der Waals surface area contributed by atoms with Crippen LogP contribution in [0.2, 0.25) is 0 Å². The number of ketones is 1. The van der Waals surface area contributed by atoms with E-state index in [9.17, 15) is 9.59 Å². The molecule has 3 nitrogen and oxygen atoms in total. The number of rotatable bonds is 4. The van der Waals surface area contributed by atoms with Gasteiger partial charge >= 0.3 is 5.63 Å². The quantitative estimate of drug-likeness (QED) is 0.475. The second-order valence-corrected chi connectivity index (χ2v) is 6.57. The van der Waals surface area contributed by atoms with Crippen molar-refractivity contribution in [2.24, 2.45) is 0 Å².